The molecule has 0 aliphatic heterocycles. The van der Waals surface area contributed by atoms with Crippen molar-refractivity contribution in [2.45, 2.75) is 52.7 Å². The number of hydrogen-bond donors (Lipinski definition) is 0. The van der Waals surface area contributed by atoms with Crippen molar-refractivity contribution >= 4 is 11.9 Å². The fourth-order valence-electron chi connectivity index (χ4n) is 0.923. The van der Waals surface area contributed by atoms with Crippen LogP contribution in [0, 0.1) is 17.2 Å². The summed E-state index contributed by atoms with van der Waals surface area (Å²) in [7, 11) is 0. The Balaban J connectivity index is 4.70. The Morgan fingerprint density at radius 2 is 1.24 bits per heavy atom. The molecule has 0 saturated heterocycles. The quantitative estimate of drug-likeness (QED) is 0.544. The van der Waals surface area contributed by atoms with Crippen LogP contribution >= 0.6 is 0 Å². The third kappa shape index (κ3) is 6.56. The van der Waals surface area contributed by atoms with Gasteiger partial charge in [0.1, 0.15) is 11.2 Å². The lowest BCUT2D eigenvalue weighted by molar-refractivity contribution is -0.171. The van der Waals surface area contributed by atoms with Crippen LogP contribution < -0.4 is 0 Å². The summed E-state index contributed by atoms with van der Waals surface area (Å²) in [5.41, 5.74) is -1.48. The standard InChI is InChI=1S/C12H19NO4/c1-11(2,3)16-9(14)8(7-13)10(15)17-12(4,5)6/h8H,1-6H3. The van der Waals surface area contributed by atoms with Gasteiger partial charge in [0, 0.05) is 0 Å². The van der Waals surface area contributed by atoms with Gasteiger partial charge in [-0.3, -0.25) is 0 Å². The molecule has 0 aromatic heterocycles. The third-order valence-corrected chi connectivity index (χ3v) is 1.41. The Morgan fingerprint density at radius 1 is 0.941 bits per heavy atom. The van der Waals surface area contributed by atoms with Crippen LogP contribution in [0.5, 0.6) is 0 Å². The molecule has 0 aromatic rings. The van der Waals surface area contributed by atoms with Gasteiger partial charge in [-0.15, -0.1) is 0 Å². The summed E-state index contributed by atoms with van der Waals surface area (Å²) in [6.45, 7) is 9.97. The van der Waals surface area contributed by atoms with Gasteiger partial charge in [0.15, 0.2) is 0 Å². The van der Waals surface area contributed by atoms with Crippen molar-refractivity contribution in [2.75, 3.05) is 0 Å². The van der Waals surface area contributed by atoms with E-state index in [9.17, 15) is 9.59 Å². The maximum absolute atomic E-state index is 11.6. The average Bonchev–Trinajstić information content (AvgIpc) is 1.96. The molecule has 0 aliphatic carbocycles. The minimum Gasteiger partial charge on any atom is -0.459 e. The lowest BCUT2D eigenvalue weighted by atomic mass is 10.1. The zero-order chi connectivity index (χ0) is 13.9. The van der Waals surface area contributed by atoms with Crippen LogP contribution in [-0.2, 0) is 19.1 Å². The molecule has 0 saturated carbocycles. The van der Waals surface area contributed by atoms with Crippen LogP contribution in [0.1, 0.15) is 41.5 Å². The minimum absolute atomic E-state index is 0.742. The molecule has 0 atom stereocenters. The van der Waals surface area contributed by atoms with E-state index in [-0.39, 0.29) is 0 Å². The highest BCUT2D eigenvalue weighted by atomic mass is 16.6. The van der Waals surface area contributed by atoms with Gasteiger partial charge >= 0.3 is 11.9 Å². The number of esters is 2. The maximum Gasteiger partial charge on any atom is 0.335 e. The van der Waals surface area contributed by atoms with Crippen LogP contribution in [0.3, 0.4) is 0 Å². The van der Waals surface area contributed by atoms with Gasteiger partial charge in [0.25, 0.3) is 0 Å². The molecule has 0 rings (SSSR count). The topological polar surface area (TPSA) is 76.4 Å². The largest absolute Gasteiger partial charge is 0.459 e. The van der Waals surface area contributed by atoms with Crippen molar-refractivity contribution in [3.05, 3.63) is 0 Å². The van der Waals surface area contributed by atoms with E-state index < -0.39 is 29.1 Å². The van der Waals surface area contributed by atoms with Crippen LogP contribution in [0.25, 0.3) is 0 Å². The number of carbonyl (C=O) groups excluding carboxylic acids is 2. The molecule has 0 unspecified atom stereocenters. The average molecular weight is 241 g/mol. The lowest BCUT2D eigenvalue weighted by Crippen LogP contribution is -2.36. The molecule has 5 heteroatoms. The molecule has 0 fully saturated rings. The van der Waals surface area contributed by atoms with Crippen molar-refractivity contribution in [1.29, 1.82) is 5.26 Å². The van der Waals surface area contributed by atoms with E-state index in [1.54, 1.807) is 47.6 Å². The van der Waals surface area contributed by atoms with Crippen molar-refractivity contribution in [2.24, 2.45) is 5.92 Å². The second kappa shape index (κ2) is 5.17. The molecule has 0 aliphatic rings. The van der Waals surface area contributed by atoms with Crippen molar-refractivity contribution in [1.82, 2.24) is 0 Å². The first-order chi connectivity index (χ1) is 7.46. The fourth-order valence-corrected chi connectivity index (χ4v) is 0.923. The first-order valence-corrected chi connectivity index (χ1v) is 5.31. The molecule has 96 valence electrons. The highest BCUT2D eigenvalue weighted by Crippen LogP contribution is 2.15. The zero-order valence-electron chi connectivity index (χ0n) is 11.2. The fraction of sp³-hybridized carbons (Fsp3) is 0.750. The molecule has 0 aromatic carbocycles. The van der Waals surface area contributed by atoms with Gasteiger partial charge < -0.3 is 9.47 Å². The van der Waals surface area contributed by atoms with Gasteiger partial charge in [-0.1, -0.05) is 0 Å². The Labute approximate surface area is 102 Å². The molecular formula is C12H19NO4. The molecule has 0 radical (unpaired) electrons. The second-order valence-electron chi connectivity index (χ2n) is 5.63. The van der Waals surface area contributed by atoms with Crippen LogP contribution in [-0.4, -0.2) is 23.1 Å². The number of nitrogens with zero attached hydrogens (tertiary/aromatic N) is 1. The molecule has 0 N–H and O–H groups in total. The Kier molecular flexibility index (Phi) is 4.70. The lowest BCUT2D eigenvalue weighted by Gasteiger charge is -2.23. The van der Waals surface area contributed by atoms with Gasteiger partial charge in [-0.2, -0.15) is 5.26 Å². The van der Waals surface area contributed by atoms with Crippen LogP contribution in [0.4, 0.5) is 0 Å². The second-order valence-corrected chi connectivity index (χ2v) is 5.63. The number of hydrogen-bond acceptors (Lipinski definition) is 5. The first kappa shape index (κ1) is 15.4. The Bertz CT molecular complexity index is 313. The SMILES string of the molecule is CC(C)(C)OC(=O)C(C#N)C(=O)OC(C)(C)C. The monoisotopic (exact) mass is 241 g/mol. The summed E-state index contributed by atoms with van der Waals surface area (Å²) < 4.78 is 9.93. The Hall–Kier alpha value is -1.57. The number of ether oxygens (including phenoxy) is 2. The van der Waals surface area contributed by atoms with E-state index in [4.69, 9.17) is 14.7 Å². The Morgan fingerprint density at radius 3 is 1.41 bits per heavy atom. The summed E-state index contributed by atoms with van der Waals surface area (Å²) >= 11 is 0. The van der Waals surface area contributed by atoms with Gasteiger partial charge in [0.05, 0.1) is 6.07 Å². The molecule has 17 heavy (non-hydrogen) atoms. The highest BCUT2D eigenvalue weighted by Gasteiger charge is 2.34. The van der Waals surface area contributed by atoms with E-state index in [1.807, 2.05) is 0 Å². The molecule has 0 amide bonds. The van der Waals surface area contributed by atoms with E-state index in [0.29, 0.717) is 0 Å². The molecule has 0 heterocycles. The van der Waals surface area contributed by atoms with E-state index in [1.165, 1.54) is 0 Å². The molecule has 0 spiro atoms. The van der Waals surface area contributed by atoms with E-state index in [0.717, 1.165) is 0 Å². The van der Waals surface area contributed by atoms with Gasteiger partial charge in [-0.25, -0.2) is 9.59 Å². The van der Waals surface area contributed by atoms with Crippen LogP contribution in [0.15, 0.2) is 0 Å². The number of carbonyl (C=O) groups is 2. The van der Waals surface area contributed by atoms with E-state index in [2.05, 4.69) is 0 Å². The van der Waals surface area contributed by atoms with Crippen molar-refractivity contribution < 1.29 is 19.1 Å². The summed E-state index contributed by atoms with van der Waals surface area (Å²) in [4.78, 5) is 23.1. The smallest absolute Gasteiger partial charge is 0.335 e. The maximum atomic E-state index is 11.6. The first-order valence-electron chi connectivity index (χ1n) is 5.31. The molecule has 5 nitrogen and oxygen atoms in total. The predicted octanol–water partition coefficient (Wildman–Crippen LogP) is 1.81. The molecular weight excluding hydrogens is 222 g/mol. The highest BCUT2D eigenvalue weighted by molar-refractivity contribution is 5.98. The number of rotatable bonds is 2. The van der Waals surface area contributed by atoms with Crippen molar-refractivity contribution in [3.63, 3.8) is 0 Å². The van der Waals surface area contributed by atoms with Crippen LogP contribution in [0.2, 0.25) is 0 Å². The normalized spacial score (nSPS) is 11.9. The summed E-state index contributed by atoms with van der Waals surface area (Å²) in [5, 5.41) is 8.81. The minimum atomic E-state index is -1.53. The summed E-state index contributed by atoms with van der Waals surface area (Å²) in [6.07, 6.45) is 0. The van der Waals surface area contributed by atoms with Gasteiger partial charge in [-0.05, 0) is 41.5 Å². The molecule has 0 bridgehead atoms. The zero-order valence-corrected chi connectivity index (χ0v) is 11.2. The summed E-state index contributed by atoms with van der Waals surface area (Å²) in [5.74, 6) is -3.29. The summed E-state index contributed by atoms with van der Waals surface area (Å²) in [6, 6.07) is 1.60. The van der Waals surface area contributed by atoms with Crippen molar-refractivity contribution in [3.8, 4) is 6.07 Å². The van der Waals surface area contributed by atoms with Gasteiger partial charge in [0.2, 0.25) is 5.92 Å². The third-order valence-electron chi connectivity index (χ3n) is 1.41. The number of nitriles is 1. The predicted molar refractivity (Wildman–Crippen MR) is 60.8 cm³/mol. The van der Waals surface area contributed by atoms with E-state index >= 15 is 0 Å².